The number of aromatic nitrogens is 5. The Morgan fingerprint density at radius 1 is 1.33 bits per heavy atom. The molecule has 3 heterocycles. The van der Waals surface area contributed by atoms with E-state index in [1.54, 1.807) is 17.8 Å². The van der Waals surface area contributed by atoms with Gasteiger partial charge in [-0.2, -0.15) is 10.1 Å². The number of fused-ring (bicyclic) bond motifs is 1. The highest BCUT2D eigenvalue weighted by atomic mass is 16.5. The molecule has 0 saturated carbocycles. The fourth-order valence-electron chi connectivity index (χ4n) is 2.20. The number of nitrogens with zero attached hydrogens (tertiary/aromatic N) is 5. The Labute approximate surface area is 122 Å². The second kappa shape index (κ2) is 5.25. The molecule has 0 N–H and O–H groups in total. The lowest BCUT2D eigenvalue weighted by atomic mass is 10.3. The van der Waals surface area contributed by atoms with E-state index in [0.29, 0.717) is 18.1 Å². The molecule has 7 nitrogen and oxygen atoms in total. The van der Waals surface area contributed by atoms with Gasteiger partial charge in [-0.05, 0) is 26.8 Å². The summed E-state index contributed by atoms with van der Waals surface area (Å²) in [5.41, 5.74) is 3.44. The Morgan fingerprint density at radius 3 is 2.90 bits per heavy atom. The van der Waals surface area contributed by atoms with Crippen molar-refractivity contribution in [1.82, 2.24) is 24.7 Å². The van der Waals surface area contributed by atoms with E-state index in [4.69, 9.17) is 9.26 Å². The standard InChI is InChI=1S/C14H17N5O2/c1-8-5-9(2)19-14(16-8)11(7-15-19)13-17-12(21-18-13)6-10(3)20-4/h5,7,10H,6H2,1-4H3/t10-/m1/s1. The first-order valence-corrected chi connectivity index (χ1v) is 6.76. The van der Waals surface area contributed by atoms with E-state index >= 15 is 0 Å². The van der Waals surface area contributed by atoms with Crippen molar-refractivity contribution >= 4 is 5.65 Å². The van der Waals surface area contributed by atoms with Crippen LogP contribution in [-0.4, -0.2) is 38.0 Å². The Morgan fingerprint density at radius 2 is 2.14 bits per heavy atom. The van der Waals surface area contributed by atoms with E-state index < -0.39 is 0 Å². The van der Waals surface area contributed by atoms with Gasteiger partial charge in [-0.3, -0.25) is 0 Å². The zero-order valence-electron chi connectivity index (χ0n) is 12.5. The van der Waals surface area contributed by atoms with Gasteiger partial charge < -0.3 is 9.26 Å². The maximum Gasteiger partial charge on any atom is 0.229 e. The molecule has 0 amide bonds. The van der Waals surface area contributed by atoms with Crippen LogP contribution in [0.15, 0.2) is 16.8 Å². The molecule has 0 radical (unpaired) electrons. The normalized spacial score (nSPS) is 13.0. The molecule has 21 heavy (non-hydrogen) atoms. The van der Waals surface area contributed by atoms with Crippen LogP contribution in [0.3, 0.4) is 0 Å². The molecule has 3 rings (SSSR count). The third kappa shape index (κ3) is 2.52. The third-order valence-electron chi connectivity index (χ3n) is 3.35. The van der Waals surface area contributed by atoms with Crippen molar-refractivity contribution in [3.8, 4) is 11.4 Å². The van der Waals surface area contributed by atoms with Crippen LogP contribution in [0.1, 0.15) is 24.2 Å². The molecule has 0 saturated heterocycles. The fourth-order valence-corrected chi connectivity index (χ4v) is 2.20. The fraction of sp³-hybridized carbons (Fsp3) is 0.429. The lowest BCUT2D eigenvalue weighted by Crippen LogP contribution is -2.08. The molecule has 0 bridgehead atoms. The van der Waals surface area contributed by atoms with E-state index in [1.165, 1.54) is 0 Å². The second-order valence-electron chi connectivity index (χ2n) is 5.09. The molecule has 0 aliphatic carbocycles. The SMILES string of the molecule is CO[C@H](C)Cc1nc(-c2cnn3c(C)cc(C)nc23)no1. The van der Waals surface area contributed by atoms with Gasteiger partial charge in [0.25, 0.3) is 0 Å². The maximum atomic E-state index is 5.26. The van der Waals surface area contributed by atoms with E-state index in [1.807, 2.05) is 26.8 Å². The first-order valence-electron chi connectivity index (χ1n) is 6.76. The van der Waals surface area contributed by atoms with E-state index in [9.17, 15) is 0 Å². The van der Waals surface area contributed by atoms with Gasteiger partial charge in [-0.25, -0.2) is 9.50 Å². The van der Waals surface area contributed by atoms with Gasteiger partial charge in [0, 0.05) is 18.5 Å². The van der Waals surface area contributed by atoms with Crippen LogP contribution in [0.5, 0.6) is 0 Å². The Balaban J connectivity index is 2.01. The minimum atomic E-state index is 0.0322. The molecular weight excluding hydrogens is 270 g/mol. The van der Waals surface area contributed by atoms with Crippen molar-refractivity contribution < 1.29 is 9.26 Å². The molecule has 0 unspecified atom stereocenters. The Kier molecular flexibility index (Phi) is 3.42. The molecule has 0 fully saturated rings. The molecule has 3 aromatic rings. The van der Waals surface area contributed by atoms with Gasteiger partial charge in [0.2, 0.25) is 11.7 Å². The minimum Gasteiger partial charge on any atom is -0.381 e. The van der Waals surface area contributed by atoms with E-state index in [2.05, 4.69) is 20.2 Å². The molecule has 0 aliphatic rings. The van der Waals surface area contributed by atoms with Crippen LogP contribution in [-0.2, 0) is 11.2 Å². The molecular formula is C14H17N5O2. The maximum absolute atomic E-state index is 5.26. The highest BCUT2D eigenvalue weighted by Crippen LogP contribution is 2.22. The summed E-state index contributed by atoms with van der Waals surface area (Å²) in [5.74, 6) is 1.05. The number of rotatable bonds is 4. The lowest BCUT2D eigenvalue weighted by molar-refractivity contribution is 0.111. The van der Waals surface area contributed by atoms with Gasteiger partial charge >= 0.3 is 0 Å². The van der Waals surface area contributed by atoms with Crippen LogP contribution >= 0.6 is 0 Å². The van der Waals surface area contributed by atoms with Crippen LogP contribution in [0.25, 0.3) is 17.0 Å². The van der Waals surface area contributed by atoms with Gasteiger partial charge in [-0.1, -0.05) is 5.16 Å². The van der Waals surface area contributed by atoms with Crippen molar-refractivity contribution in [3.63, 3.8) is 0 Å². The van der Waals surface area contributed by atoms with Crippen LogP contribution in [0.2, 0.25) is 0 Å². The number of hydrogen-bond acceptors (Lipinski definition) is 6. The monoisotopic (exact) mass is 287 g/mol. The third-order valence-corrected chi connectivity index (χ3v) is 3.35. The van der Waals surface area contributed by atoms with Gasteiger partial charge in [0.15, 0.2) is 5.65 Å². The smallest absolute Gasteiger partial charge is 0.229 e. The van der Waals surface area contributed by atoms with Crippen molar-refractivity contribution in [3.05, 3.63) is 29.5 Å². The molecule has 0 spiro atoms. The molecule has 7 heteroatoms. The number of hydrogen-bond donors (Lipinski definition) is 0. The Hall–Kier alpha value is -2.28. The second-order valence-corrected chi connectivity index (χ2v) is 5.09. The van der Waals surface area contributed by atoms with Crippen molar-refractivity contribution in [2.24, 2.45) is 0 Å². The van der Waals surface area contributed by atoms with Gasteiger partial charge in [-0.15, -0.1) is 0 Å². The lowest BCUT2D eigenvalue weighted by Gasteiger charge is -2.03. The molecule has 1 atom stereocenters. The quantitative estimate of drug-likeness (QED) is 0.730. The number of ether oxygens (including phenoxy) is 1. The Bertz CT molecular complexity index is 777. The first-order chi connectivity index (χ1) is 10.1. The molecule has 0 aliphatic heterocycles. The van der Waals surface area contributed by atoms with E-state index in [-0.39, 0.29) is 6.10 Å². The van der Waals surface area contributed by atoms with Crippen molar-refractivity contribution in [2.45, 2.75) is 33.3 Å². The van der Waals surface area contributed by atoms with Crippen LogP contribution < -0.4 is 0 Å². The summed E-state index contributed by atoms with van der Waals surface area (Å²) in [7, 11) is 1.66. The minimum absolute atomic E-state index is 0.0322. The molecule has 3 aromatic heterocycles. The summed E-state index contributed by atoms with van der Waals surface area (Å²) < 4.78 is 12.2. The first kappa shape index (κ1) is 13.7. The summed E-state index contributed by atoms with van der Waals surface area (Å²) >= 11 is 0. The zero-order valence-corrected chi connectivity index (χ0v) is 12.5. The summed E-state index contributed by atoms with van der Waals surface area (Å²) in [4.78, 5) is 8.91. The van der Waals surface area contributed by atoms with Crippen LogP contribution in [0.4, 0.5) is 0 Å². The average Bonchev–Trinajstić information content (AvgIpc) is 3.04. The predicted molar refractivity (Wildman–Crippen MR) is 75.9 cm³/mol. The summed E-state index contributed by atoms with van der Waals surface area (Å²) in [6, 6.07) is 1.98. The summed E-state index contributed by atoms with van der Waals surface area (Å²) in [6.07, 6.45) is 2.32. The molecule has 110 valence electrons. The molecule has 0 aromatic carbocycles. The van der Waals surface area contributed by atoms with Crippen molar-refractivity contribution in [2.75, 3.05) is 7.11 Å². The van der Waals surface area contributed by atoms with E-state index in [0.717, 1.165) is 22.6 Å². The summed E-state index contributed by atoms with van der Waals surface area (Å²) in [6.45, 7) is 5.89. The predicted octanol–water partition coefficient (Wildman–Crippen LogP) is 1.97. The number of methoxy groups -OCH3 is 1. The van der Waals surface area contributed by atoms with Gasteiger partial charge in [0.1, 0.15) is 0 Å². The van der Waals surface area contributed by atoms with Gasteiger partial charge in [0.05, 0.1) is 24.3 Å². The van der Waals surface area contributed by atoms with Crippen LogP contribution in [0, 0.1) is 13.8 Å². The number of aryl methyl sites for hydroxylation is 2. The topological polar surface area (TPSA) is 78.3 Å². The van der Waals surface area contributed by atoms with Crippen molar-refractivity contribution in [1.29, 1.82) is 0 Å². The zero-order chi connectivity index (χ0) is 15.0. The highest BCUT2D eigenvalue weighted by molar-refractivity contribution is 5.72. The highest BCUT2D eigenvalue weighted by Gasteiger charge is 2.17. The largest absolute Gasteiger partial charge is 0.381 e. The summed E-state index contributed by atoms with van der Waals surface area (Å²) in [5, 5.41) is 8.35. The average molecular weight is 287 g/mol.